The molecular formula is C12H9F2N2+. The first kappa shape index (κ1) is 9.27. The standard InChI is InChI=1S/C12H9F2N2/c1-8-5-9-6-10(13)7-11(14)12(9)16-4-2-3-15(8)16/h2-7H,1H3/q+1. The molecule has 0 aliphatic heterocycles. The number of hydrogen-bond acceptors (Lipinski definition) is 0. The van der Waals surface area contributed by atoms with Crippen molar-refractivity contribution >= 4 is 10.9 Å². The van der Waals surface area contributed by atoms with Gasteiger partial charge in [-0.2, -0.15) is 0 Å². The van der Waals surface area contributed by atoms with Gasteiger partial charge in [-0.05, 0) is 6.07 Å². The van der Waals surface area contributed by atoms with Gasteiger partial charge in [-0.3, -0.25) is 0 Å². The third kappa shape index (κ3) is 1.13. The van der Waals surface area contributed by atoms with Crippen molar-refractivity contribution in [1.82, 2.24) is 4.52 Å². The summed E-state index contributed by atoms with van der Waals surface area (Å²) in [4.78, 5) is 0. The number of rotatable bonds is 0. The van der Waals surface area contributed by atoms with Crippen LogP contribution in [0.25, 0.3) is 10.9 Å². The molecule has 0 aliphatic rings. The fourth-order valence-electron chi connectivity index (χ4n) is 2.04. The van der Waals surface area contributed by atoms with Crippen LogP contribution in [0.1, 0.15) is 5.69 Å². The van der Waals surface area contributed by atoms with Gasteiger partial charge in [-0.15, -0.1) is 4.52 Å². The summed E-state index contributed by atoms with van der Waals surface area (Å²) >= 11 is 0. The summed E-state index contributed by atoms with van der Waals surface area (Å²) in [6, 6.07) is 5.82. The summed E-state index contributed by atoms with van der Waals surface area (Å²) < 4.78 is 30.3. The zero-order valence-corrected chi connectivity index (χ0v) is 8.61. The van der Waals surface area contributed by atoms with Gasteiger partial charge in [0, 0.05) is 30.5 Å². The molecule has 4 heteroatoms. The molecule has 0 unspecified atom stereocenters. The molecule has 0 radical (unpaired) electrons. The minimum absolute atomic E-state index is 0.386. The van der Waals surface area contributed by atoms with Crippen molar-refractivity contribution in [2.45, 2.75) is 6.92 Å². The molecule has 0 bridgehead atoms. The van der Waals surface area contributed by atoms with Gasteiger partial charge in [0.05, 0.1) is 6.20 Å². The molecular weight excluding hydrogens is 210 g/mol. The van der Waals surface area contributed by atoms with Crippen LogP contribution in [0.2, 0.25) is 0 Å². The van der Waals surface area contributed by atoms with E-state index in [2.05, 4.69) is 0 Å². The Morgan fingerprint density at radius 3 is 2.81 bits per heavy atom. The van der Waals surface area contributed by atoms with Gasteiger partial charge >= 0.3 is 0 Å². The molecule has 0 atom stereocenters. The van der Waals surface area contributed by atoms with E-state index in [0.717, 1.165) is 11.8 Å². The van der Waals surface area contributed by atoms with Crippen molar-refractivity contribution < 1.29 is 13.3 Å². The number of benzene rings is 1. The maximum absolute atomic E-state index is 13.7. The fourth-order valence-corrected chi connectivity index (χ4v) is 2.04. The second-order valence-electron chi connectivity index (χ2n) is 3.79. The molecule has 0 saturated heterocycles. The maximum atomic E-state index is 13.7. The van der Waals surface area contributed by atoms with Crippen molar-refractivity contribution in [3.8, 4) is 0 Å². The van der Waals surface area contributed by atoms with Gasteiger partial charge in [0.2, 0.25) is 11.9 Å². The maximum Gasteiger partial charge on any atom is 0.210 e. The Balaban J connectivity index is 2.64. The van der Waals surface area contributed by atoms with Crippen LogP contribution in [-0.2, 0) is 0 Å². The number of nitrogens with zero attached hydrogens (tertiary/aromatic N) is 2. The lowest BCUT2D eigenvalue weighted by molar-refractivity contribution is -0.621. The molecule has 2 aromatic heterocycles. The monoisotopic (exact) mass is 219 g/mol. The van der Waals surface area contributed by atoms with Crippen molar-refractivity contribution in [2.75, 3.05) is 0 Å². The number of hydrogen-bond donors (Lipinski definition) is 0. The molecule has 0 N–H and O–H groups in total. The van der Waals surface area contributed by atoms with Gasteiger partial charge in [0.25, 0.3) is 0 Å². The second-order valence-corrected chi connectivity index (χ2v) is 3.79. The van der Waals surface area contributed by atoms with E-state index in [4.69, 9.17) is 0 Å². The highest BCUT2D eigenvalue weighted by Crippen LogP contribution is 2.18. The van der Waals surface area contributed by atoms with Crippen molar-refractivity contribution in [3.05, 3.63) is 54.0 Å². The lowest BCUT2D eigenvalue weighted by atomic mass is 10.2. The first-order chi connectivity index (χ1) is 7.66. The SMILES string of the molecule is Cc1cc2cc(F)cc(F)c2n2ccc[n+]12. The van der Waals surface area contributed by atoms with Gasteiger partial charge in [0.15, 0.2) is 5.82 Å². The zero-order chi connectivity index (χ0) is 11.3. The summed E-state index contributed by atoms with van der Waals surface area (Å²) in [5.41, 5.74) is 1.31. The lowest BCUT2D eigenvalue weighted by Gasteiger charge is -2.01. The Bertz CT molecular complexity index is 701. The highest BCUT2D eigenvalue weighted by molar-refractivity contribution is 5.79. The number of fused-ring (bicyclic) bond motifs is 3. The highest BCUT2D eigenvalue weighted by Gasteiger charge is 2.14. The van der Waals surface area contributed by atoms with E-state index in [0.29, 0.717) is 10.9 Å². The third-order valence-corrected chi connectivity index (χ3v) is 2.70. The average molecular weight is 219 g/mol. The van der Waals surface area contributed by atoms with Crippen LogP contribution in [0.5, 0.6) is 0 Å². The summed E-state index contributed by atoms with van der Waals surface area (Å²) in [6.45, 7) is 1.89. The molecule has 2 heterocycles. The molecule has 2 nitrogen and oxygen atoms in total. The van der Waals surface area contributed by atoms with Crippen LogP contribution >= 0.6 is 0 Å². The predicted molar refractivity (Wildman–Crippen MR) is 55.2 cm³/mol. The minimum Gasteiger partial charge on any atom is -0.207 e. The first-order valence-electron chi connectivity index (χ1n) is 4.94. The van der Waals surface area contributed by atoms with E-state index in [-0.39, 0.29) is 0 Å². The molecule has 0 aliphatic carbocycles. The fraction of sp³-hybridized carbons (Fsp3) is 0.0833. The van der Waals surface area contributed by atoms with Crippen LogP contribution in [0, 0.1) is 18.6 Å². The Morgan fingerprint density at radius 2 is 2.00 bits per heavy atom. The van der Waals surface area contributed by atoms with Crippen LogP contribution < -0.4 is 4.52 Å². The first-order valence-corrected chi connectivity index (χ1v) is 4.94. The van der Waals surface area contributed by atoms with E-state index in [1.54, 1.807) is 16.8 Å². The number of aryl methyl sites for hydroxylation is 1. The average Bonchev–Trinajstić information content (AvgIpc) is 2.65. The highest BCUT2D eigenvalue weighted by atomic mass is 19.1. The van der Waals surface area contributed by atoms with Crippen LogP contribution in [0.15, 0.2) is 36.7 Å². The lowest BCUT2D eigenvalue weighted by Crippen LogP contribution is -2.31. The molecule has 3 aromatic rings. The molecule has 16 heavy (non-hydrogen) atoms. The van der Waals surface area contributed by atoms with Crippen LogP contribution in [0.3, 0.4) is 0 Å². The van der Waals surface area contributed by atoms with Gasteiger partial charge < -0.3 is 0 Å². The zero-order valence-electron chi connectivity index (χ0n) is 8.61. The molecule has 0 spiro atoms. The largest absolute Gasteiger partial charge is 0.210 e. The molecule has 80 valence electrons. The summed E-state index contributed by atoms with van der Waals surface area (Å²) in [5.74, 6) is -1.11. The minimum atomic E-state index is -0.555. The molecule has 0 saturated carbocycles. The predicted octanol–water partition coefficient (Wildman–Crippen LogP) is 2.26. The normalized spacial score (nSPS) is 11.4. The Hall–Kier alpha value is -1.97. The topological polar surface area (TPSA) is 8.51 Å². The van der Waals surface area contributed by atoms with E-state index in [1.807, 2.05) is 23.7 Å². The summed E-state index contributed by atoms with van der Waals surface area (Å²) in [6.07, 6.45) is 3.58. The quantitative estimate of drug-likeness (QED) is 0.513. The van der Waals surface area contributed by atoms with E-state index >= 15 is 0 Å². The smallest absolute Gasteiger partial charge is 0.207 e. The summed E-state index contributed by atoms with van der Waals surface area (Å²) in [5, 5.41) is 0.561. The van der Waals surface area contributed by atoms with Crippen molar-refractivity contribution in [2.24, 2.45) is 0 Å². The number of halogens is 2. The van der Waals surface area contributed by atoms with Crippen LogP contribution in [-0.4, -0.2) is 4.52 Å². The number of aromatic nitrogens is 2. The molecule has 0 fully saturated rings. The molecule has 1 aromatic carbocycles. The third-order valence-electron chi connectivity index (χ3n) is 2.70. The van der Waals surface area contributed by atoms with Crippen molar-refractivity contribution in [3.63, 3.8) is 0 Å². The summed E-state index contributed by atoms with van der Waals surface area (Å²) in [7, 11) is 0. The van der Waals surface area contributed by atoms with Gasteiger partial charge in [-0.1, -0.05) is 4.52 Å². The Morgan fingerprint density at radius 1 is 1.19 bits per heavy atom. The van der Waals surface area contributed by atoms with E-state index < -0.39 is 11.6 Å². The second kappa shape index (κ2) is 3.01. The van der Waals surface area contributed by atoms with Crippen LogP contribution in [0.4, 0.5) is 8.78 Å². The van der Waals surface area contributed by atoms with Gasteiger partial charge in [0.1, 0.15) is 11.3 Å². The van der Waals surface area contributed by atoms with Crippen molar-refractivity contribution in [1.29, 1.82) is 0 Å². The van der Waals surface area contributed by atoms with Gasteiger partial charge in [-0.25, -0.2) is 8.78 Å². The Kier molecular flexibility index (Phi) is 1.74. The van der Waals surface area contributed by atoms with E-state index in [9.17, 15) is 8.78 Å². The van der Waals surface area contributed by atoms with E-state index in [1.165, 1.54) is 6.07 Å². The Labute approximate surface area is 90.3 Å². The molecule has 3 rings (SSSR count). The molecule has 0 amide bonds.